The van der Waals surface area contributed by atoms with Crippen molar-refractivity contribution in [3.05, 3.63) is 47.2 Å². The van der Waals surface area contributed by atoms with Gasteiger partial charge in [-0.3, -0.25) is 4.68 Å². The number of aromatic nitrogens is 2. The van der Waals surface area contributed by atoms with Crippen LogP contribution in [0.2, 0.25) is 0 Å². The van der Waals surface area contributed by atoms with Crippen molar-refractivity contribution < 1.29 is 5.11 Å². The first-order valence-electron chi connectivity index (χ1n) is 5.59. The summed E-state index contributed by atoms with van der Waals surface area (Å²) >= 11 is 0. The van der Waals surface area contributed by atoms with Crippen LogP contribution in [0.25, 0.3) is 0 Å². The number of nitrogens with two attached hydrogens (primary N) is 1. The van der Waals surface area contributed by atoms with Crippen LogP contribution < -0.4 is 5.73 Å². The van der Waals surface area contributed by atoms with Crippen LogP contribution in [0.1, 0.15) is 22.8 Å². The molecule has 2 rings (SSSR count). The molecule has 0 fully saturated rings. The van der Waals surface area contributed by atoms with Crippen molar-refractivity contribution in [3.63, 3.8) is 0 Å². The van der Waals surface area contributed by atoms with E-state index in [4.69, 9.17) is 5.73 Å². The zero-order valence-electron chi connectivity index (χ0n) is 10.1. The van der Waals surface area contributed by atoms with Crippen LogP contribution >= 0.6 is 0 Å². The molecule has 0 saturated carbocycles. The van der Waals surface area contributed by atoms with E-state index in [-0.39, 0.29) is 0 Å². The average molecular weight is 231 g/mol. The zero-order chi connectivity index (χ0) is 12.4. The first-order valence-corrected chi connectivity index (χ1v) is 5.59. The van der Waals surface area contributed by atoms with E-state index in [1.54, 1.807) is 17.9 Å². The zero-order valence-corrected chi connectivity index (χ0v) is 10.1. The normalized spacial score (nSPS) is 12.6. The second-order valence-electron chi connectivity index (χ2n) is 4.26. The van der Waals surface area contributed by atoms with Crippen molar-refractivity contribution >= 4 is 5.82 Å². The SMILES string of the molecule is Cc1ccccc1CC(O)c1cnn(C)c1N. The number of nitrogens with zero attached hydrogens (tertiary/aromatic N) is 2. The Hall–Kier alpha value is -1.81. The molecule has 17 heavy (non-hydrogen) atoms. The molecule has 0 spiro atoms. The first-order chi connectivity index (χ1) is 8.09. The maximum Gasteiger partial charge on any atom is 0.127 e. The Morgan fingerprint density at radius 2 is 2.12 bits per heavy atom. The van der Waals surface area contributed by atoms with E-state index in [1.807, 2.05) is 31.2 Å². The predicted octanol–water partition coefficient (Wildman–Crippen LogP) is 1.59. The van der Waals surface area contributed by atoms with Crippen LogP contribution in [0.4, 0.5) is 5.82 Å². The Bertz CT molecular complexity index is 519. The predicted molar refractivity (Wildman–Crippen MR) is 67.5 cm³/mol. The van der Waals surface area contributed by atoms with Gasteiger partial charge in [-0.2, -0.15) is 5.10 Å². The van der Waals surface area contributed by atoms with Crippen LogP contribution in [0.5, 0.6) is 0 Å². The van der Waals surface area contributed by atoms with Crippen molar-refractivity contribution in [3.8, 4) is 0 Å². The Morgan fingerprint density at radius 1 is 1.41 bits per heavy atom. The van der Waals surface area contributed by atoms with Crippen molar-refractivity contribution in [1.29, 1.82) is 0 Å². The number of anilines is 1. The molecule has 0 aliphatic heterocycles. The Labute approximate surface area is 101 Å². The number of hydrogen-bond acceptors (Lipinski definition) is 3. The van der Waals surface area contributed by atoms with Gasteiger partial charge in [0.05, 0.1) is 12.3 Å². The van der Waals surface area contributed by atoms with Gasteiger partial charge in [0.2, 0.25) is 0 Å². The monoisotopic (exact) mass is 231 g/mol. The molecule has 1 aromatic heterocycles. The fourth-order valence-corrected chi connectivity index (χ4v) is 1.88. The van der Waals surface area contributed by atoms with Gasteiger partial charge in [0.25, 0.3) is 0 Å². The number of hydrogen-bond donors (Lipinski definition) is 2. The van der Waals surface area contributed by atoms with Gasteiger partial charge < -0.3 is 10.8 Å². The summed E-state index contributed by atoms with van der Waals surface area (Å²) in [5.74, 6) is 0.520. The Kier molecular flexibility index (Phi) is 3.15. The third-order valence-corrected chi connectivity index (χ3v) is 3.05. The summed E-state index contributed by atoms with van der Waals surface area (Å²) in [5, 5.41) is 14.2. The third-order valence-electron chi connectivity index (χ3n) is 3.05. The third kappa shape index (κ3) is 2.31. The molecule has 1 unspecified atom stereocenters. The van der Waals surface area contributed by atoms with E-state index in [0.717, 1.165) is 5.56 Å². The fraction of sp³-hybridized carbons (Fsp3) is 0.308. The van der Waals surface area contributed by atoms with E-state index in [2.05, 4.69) is 5.10 Å². The van der Waals surface area contributed by atoms with Gasteiger partial charge >= 0.3 is 0 Å². The molecule has 4 nitrogen and oxygen atoms in total. The molecule has 4 heteroatoms. The highest BCUT2D eigenvalue weighted by molar-refractivity contribution is 5.41. The molecule has 0 aliphatic carbocycles. The summed E-state index contributed by atoms with van der Waals surface area (Å²) in [6, 6.07) is 8.02. The largest absolute Gasteiger partial charge is 0.388 e. The Morgan fingerprint density at radius 3 is 2.71 bits per heavy atom. The van der Waals surface area contributed by atoms with E-state index in [1.165, 1.54) is 5.56 Å². The van der Waals surface area contributed by atoms with Crippen molar-refractivity contribution in [2.75, 3.05) is 5.73 Å². The number of rotatable bonds is 3. The molecule has 1 heterocycles. The molecular weight excluding hydrogens is 214 g/mol. The van der Waals surface area contributed by atoms with Crippen LogP contribution in [0.15, 0.2) is 30.5 Å². The quantitative estimate of drug-likeness (QED) is 0.843. The van der Waals surface area contributed by atoms with Crippen molar-refractivity contribution in [1.82, 2.24) is 9.78 Å². The minimum atomic E-state index is -0.607. The van der Waals surface area contributed by atoms with Gasteiger partial charge in [0.1, 0.15) is 5.82 Å². The minimum Gasteiger partial charge on any atom is -0.388 e. The van der Waals surface area contributed by atoms with E-state index >= 15 is 0 Å². The fourth-order valence-electron chi connectivity index (χ4n) is 1.88. The molecule has 0 saturated heterocycles. The molecule has 1 aromatic carbocycles. The molecule has 0 bridgehead atoms. The lowest BCUT2D eigenvalue weighted by Gasteiger charge is -2.12. The van der Waals surface area contributed by atoms with Gasteiger partial charge in [0.15, 0.2) is 0 Å². The molecule has 3 N–H and O–H groups in total. The lowest BCUT2D eigenvalue weighted by Crippen LogP contribution is -2.06. The summed E-state index contributed by atoms with van der Waals surface area (Å²) in [6.45, 7) is 2.04. The molecule has 90 valence electrons. The smallest absolute Gasteiger partial charge is 0.127 e. The molecule has 0 amide bonds. The molecule has 0 aliphatic rings. The van der Waals surface area contributed by atoms with Crippen LogP contribution in [0.3, 0.4) is 0 Å². The van der Waals surface area contributed by atoms with E-state index in [0.29, 0.717) is 17.8 Å². The van der Waals surface area contributed by atoms with Gasteiger partial charge in [-0.1, -0.05) is 24.3 Å². The van der Waals surface area contributed by atoms with Crippen molar-refractivity contribution in [2.24, 2.45) is 7.05 Å². The second-order valence-corrected chi connectivity index (χ2v) is 4.26. The van der Waals surface area contributed by atoms with E-state index < -0.39 is 6.10 Å². The topological polar surface area (TPSA) is 64.1 Å². The summed E-state index contributed by atoms with van der Waals surface area (Å²) in [7, 11) is 1.76. The molecule has 0 radical (unpaired) electrons. The average Bonchev–Trinajstić information content (AvgIpc) is 2.63. The highest BCUT2D eigenvalue weighted by Crippen LogP contribution is 2.24. The number of aliphatic hydroxyl groups excluding tert-OH is 1. The van der Waals surface area contributed by atoms with Gasteiger partial charge in [0, 0.05) is 19.0 Å². The number of nitrogen functional groups attached to an aromatic ring is 1. The van der Waals surface area contributed by atoms with Crippen LogP contribution in [-0.2, 0) is 13.5 Å². The lowest BCUT2D eigenvalue weighted by atomic mass is 9.99. The Balaban J connectivity index is 2.20. The second kappa shape index (κ2) is 4.59. The molecule has 1 atom stereocenters. The van der Waals surface area contributed by atoms with Gasteiger partial charge in [-0.25, -0.2) is 0 Å². The van der Waals surface area contributed by atoms with Gasteiger partial charge in [-0.05, 0) is 18.1 Å². The highest BCUT2D eigenvalue weighted by atomic mass is 16.3. The van der Waals surface area contributed by atoms with Gasteiger partial charge in [-0.15, -0.1) is 0 Å². The number of benzene rings is 1. The number of aliphatic hydroxyl groups is 1. The maximum absolute atomic E-state index is 10.2. The lowest BCUT2D eigenvalue weighted by molar-refractivity contribution is 0.179. The summed E-state index contributed by atoms with van der Waals surface area (Å²) in [6.07, 6.45) is 1.57. The van der Waals surface area contributed by atoms with Crippen LogP contribution in [-0.4, -0.2) is 14.9 Å². The summed E-state index contributed by atoms with van der Waals surface area (Å²) < 4.78 is 1.57. The summed E-state index contributed by atoms with van der Waals surface area (Å²) in [4.78, 5) is 0. The standard InChI is InChI=1S/C13H17N3O/c1-9-5-3-4-6-10(9)7-12(17)11-8-15-16(2)13(11)14/h3-6,8,12,17H,7,14H2,1-2H3. The van der Waals surface area contributed by atoms with E-state index in [9.17, 15) is 5.11 Å². The highest BCUT2D eigenvalue weighted by Gasteiger charge is 2.15. The first kappa shape index (κ1) is 11.7. The summed E-state index contributed by atoms with van der Waals surface area (Å²) in [5.41, 5.74) is 8.83. The molecular formula is C13H17N3O. The molecule has 2 aromatic rings. The number of aryl methyl sites for hydroxylation is 2. The van der Waals surface area contributed by atoms with Crippen molar-refractivity contribution in [2.45, 2.75) is 19.4 Å². The maximum atomic E-state index is 10.2. The van der Waals surface area contributed by atoms with Crippen LogP contribution in [0, 0.1) is 6.92 Å². The minimum absolute atomic E-state index is 0.520.